The largest absolute Gasteiger partial charge is 0.493 e. The second kappa shape index (κ2) is 8.76. The van der Waals surface area contributed by atoms with Crippen molar-refractivity contribution in [2.45, 2.75) is 38.3 Å². The Bertz CT molecular complexity index is 1430. The van der Waals surface area contributed by atoms with Gasteiger partial charge in [0.2, 0.25) is 11.8 Å². The van der Waals surface area contributed by atoms with Crippen LogP contribution in [0.4, 0.5) is 29.3 Å². The van der Waals surface area contributed by atoms with Crippen LogP contribution < -0.4 is 10.6 Å². The van der Waals surface area contributed by atoms with Gasteiger partial charge in [0.1, 0.15) is 16.9 Å². The minimum Gasteiger partial charge on any atom is -0.493 e. The maximum Gasteiger partial charge on any atom is 0.280 e. The fraction of sp³-hybridized carbons (Fsp3) is 0.455. The number of pyridine rings is 1. The second-order valence-electron chi connectivity index (χ2n) is 8.89. The zero-order valence-electron chi connectivity index (χ0n) is 19.8. The molecule has 0 aliphatic carbocycles. The zero-order chi connectivity index (χ0) is 25.8. The van der Waals surface area contributed by atoms with E-state index in [1.165, 1.54) is 15.1 Å². The molecule has 36 heavy (non-hydrogen) atoms. The number of alkyl halides is 4. The van der Waals surface area contributed by atoms with Crippen LogP contribution in [0, 0.1) is 6.92 Å². The smallest absolute Gasteiger partial charge is 0.280 e. The van der Waals surface area contributed by atoms with Crippen LogP contribution in [-0.4, -0.2) is 84.7 Å². The molecule has 5 rings (SSSR count). The minimum atomic E-state index is -2.99. The van der Waals surface area contributed by atoms with Gasteiger partial charge in [0.15, 0.2) is 11.5 Å². The average Bonchev–Trinajstić information content (AvgIpc) is 3.30. The minimum absolute atomic E-state index is 0.0763. The third-order valence-electron chi connectivity index (χ3n) is 6.30. The molecule has 0 amide bonds. The van der Waals surface area contributed by atoms with E-state index in [9.17, 15) is 22.7 Å². The van der Waals surface area contributed by atoms with Crippen LogP contribution in [0.3, 0.4) is 0 Å². The number of anilines is 2. The van der Waals surface area contributed by atoms with E-state index >= 15 is 0 Å². The molecule has 0 spiro atoms. The number of piperidine rings is 1. The monoisotopic (exact) mass is 507 g/mol. The molecular formula is C22H25F4N9O. The van der Waals surface area contributed by atoms with E-state index in [1.54, 1.807) is 38.1 Å². The number of aromatic nitrogens is 6. The lowest BCUT2D eigenvalue weighted by Gasteiger charge is -2.36. The van der Waals surface area contributed by atoms with Crippen molar-refractivity contribution in [1.82, 2.24) is 34.0 Å². The Labute approximate surface area is 203 Å². The molecule has 1 aliphatic heterocycles. The van der Waals surface area contributed by atoms with Crippen molar-refractivity contribution in [3.63, 3.8) is 0 Å². The Kier molecular flexibility index (Phi) is 5.85. The maximum absolute atomic E-state index is 14.6. The summed E-state index contributed by atoms with van der Waals surface area (Å²) in [6.45, 7) is 1.17. The highest BCUT2D eigenvalue weighted by Crippen LogP contribution is 2.35. The SMILES string of the molecule is CNc1nc(NC2CCN(C)CC2(F)F)nn2c(O)cc(-c3ccc4nc(C)n(CC(F)F)c4n3)c12. The number of likely N-dealkylation sites (tertiary alicyclic amines) is 1. The molecule has 1 aliphatic rings. The first-order valence-electron chi connectivity index (χ1n) is 11.3. The lowest BCUT2D eigenvalue weighted by atomic mass is 10.0. The lowest BCUT2D eigenvalue weighted by molar-refractivity contribution is -0.0675. The van der Waals surface area contributed by atoms with Crippen LogP contribution in [0.25, 0.3) is 27.9 Å². The van der Waals surface area contributed by atoms with Crippen molar-refractivity contribution < 1.29 is 22.7 Å². The predicted molar refractivity (Wildman–Crippen MR) is 126 cm³/mol. The van der Waals surface area contributed by atoms with Crippen LogP contribution >= 0.6 is 0 Å². The number of halogens is 4. The molecule has 3 N–H and O–H groups in total. The first-order chi connectivity index (χ1) is 17.1. The molecule has 0 bridgehead atoms. The lowest BCUT2D eigenvalue weighted by Crippen LogP contribution is -2.53. The Balaban J connectivity index is 1.58. The number of nitrogens with one attached hydrogen (secondary N) is 2. The van der Waals surface area contributed by atoms with Crippen LogP contribution in [0.15, 0.2) is 18.2 Å². The van der Waals surface area contributed by atoms with Gasteiger partial charge in [-0.1, -0.05) is 0 Å². The number of rotatable bonds is 6. The van der Waals surface area contributed by atoms with Crippen molar-refractivity contribution in [1.29, 1.82) is 0 Å². The van der Waals surface area contributed by atoms with Crippen molar-refractivity contribution in [2.24, 2.45) is 0 Å². The Morgan fingerprint density at radius 1 is 1.22 bits per heavy atom. The van der Waals surface area contributed by atoms with Gasteiger partial charge in [-0.2, -0.15) is 9.50 Å². The molecule has 10 nitrogen and oxygen atoms in total. The van der Waals surface area contributed by atoms with Crippen molar-refractivity contribution in [3.05, 3.63) is 24.0 Å². The molecule has 1 saturated heterocycles. The molecular weight excluding hydrogens is 482 g/mol. The number of fused-ring (bicyclic) bond motifs is 2. The number of aromatic hydroxyl groups is 1. The summed E-state index contributed by atoms with van der Waals surface area (Å²) in [5.41, 5.74) is 1.88. The number of aryl methyl sites for hydroxylation is 1. The highest BCUT2D eigenvalue weighted by Gasteiger charge is 2.44. The van der Waals surface area contributed by atoms with Gasteiger partial charge in [-0.3, -0.25) is 0 Å². The Morgan fingerprint density at radius 2 is 2.00 bits per heavy atom. The topological polar surface area (TPSA) is 108 Å². The molecule has 0 radical (unpaired) electrons. The van der Waals surface area contributed by atoms with E-state index in [-0.39, 0.29) is 36.3 Å². The summed E-state index contributed by atoms with van der Waals surface area (Å²) in [4.78, 5) is 14.8. The normalized spacial score (nSPS) is 18.4. The van der Waals surface area contributed by atoms with E-state index in [0.717, 1.165) is 0 Å². The van der Waals surface area contributed by atoms with Crippen LogP contribution in [0.1, 0.15) is 12.2 Å². The summed E-state index contributed by atoms with van der Waals surface area (Å²) in [5, 5.41) is 20.5. The van der Waals surface area contributed by atoms with E-state index in [1.807, 2.05) is 0 Å². The molecule has 4 aromatic heterocycles. The quantitative estimate of drug-likeness (QED) is 0.342. The number of hydrogen-bond donors (Lipinski definition) is 3. The van der Waals surface area contributed by atoms with Gasteiger partial charge in [-0.25, -0.2) is 27.5 Å². The summed E-state index contributed by atoms with van der Waals surface area (Å²) >= 11 is 0. The molecule has 0 saturated carbocycles. The summed E-state index contributed by atoms with van der Waals surface area (Å²) < 4.78 is 57.9. The number of nitrogens with zero attached hydrogens (tertiary/aromatic N) is 7. The standard InChI is InChI=1S/C22H25F4N9O/c1-11-28-14-5-4-13(29-20(14)34(11)9-16(23)24)12-8-17(36)35-18(12)19(27-2)31-21(32-35)30-15-6-7-33(3)10-22(15,25)26/h4-5,8,15-16,36H,6-7,9-10H2,1-3H3,(H2,27,30,31,32). The fourth-order valence-electron chi connectivity index (χ4n) is 4.59. The van der Waals surface area contributed by atoms with Crippen molar-refractivity contribution in [3.8, 4) is 17.1 Å². The molecule has 1 fully saturated rings. The van der Waals surface area contributed by atoms with E-state index in [0.29, 0.717) is 34.7 Å². The third kappa shape index (κ3) is 4.14. The highest BCUT2D eigenvalue weighted by atomic mass is 19.3. The Hall–Kier alpha value is -3.68. The summed E-state index contributed by atoms with van der Waals surface area (Å²) in [7, 11) is 3.24. The molecule has 14 heteroatoms. The zero-order valence-corrected chi connectivity index (χ0v) is 19.8. The summed E-state index contributed by atoms with van der Waals surface area (Å²) in [6.07, 6.45) is -2.39. The summed E-state index contributed by atoms with van der Waals surface area (Å²) in [6, 6.07) is 3.55. The van der Waals surface area contributed by atoms with Crippen LogP contribution in [-0.2, 0) is 6.54 Å². The van der Waals surface area contributed by atoms with Gasteiger partial charge in [-0.15, -0.1) is 5.10 Å². The first kappa shape index (κ1) is 24.0. The van der Waals surface area contributed by atoms with E-state index in [4.69, 9.17) is 0 Å². The van der Waals surface area contributed by atoms with Gasteiger partial charge < -0.3 is 25.2 Å². The fourth-order valence-corrected chi connectivity index (χ4v) is 4.59. The van der Waals surface area contributed by atoms with Crippen molar-refractivity contribution in [2.75, 3.05) is 37.8 Å². The average molecular weight is 507 g/mol. The molecule has 0 aromatic carbocycles. The molecule has 192 valence electrons. The molecule has 4 aromatic rings. The first-order valence-corrected chi connectivity index (χ1v) is 11.3. The predicted octanol–water partition coefficient (Wildman–Crippen LogP) is 3.21. The van der Waals surface area contributed by atoms with Gasteiger partial charge in [0.25, 0.3) is 12.3 Å². The summed E-state index contributed by atoms with van der Waals surface area (Å²) in [5.74, 6) is -2.67. The molecule has 5 heterocycles. The van der Waals surface area contributed by atoms with Gasteiger partial charge in [-0.05, 0) is 32.5 Å². The van der Waals surface area contributed by atoms with Crippen molar-refractivity contribution >= 4 is 28.4 Å². The number of hydrogen-bond acceptors (Lipinski definition) is 8. The van der Waals surface area contributed by atoms with Gasteiger partial charge >= 0.3 is 0 Å². The molecule has 1 unspecified atom stereocenters. The number of imidazole rings is 1. The van der Waals surface area contributed by atoms with Gasteiger partial charge in [0.05, 0.1) is 24.8 Å². The van der Waals surface area contributed by atoms with Crippen LogP contribution in [0.2, 0.25) is 0 Å². The third-order valence-corrected chi connectivity index (χ3v) is 6.30. The highest BCUT2D eigenvalue weighted by molar-refractivity contribution is 5.90. The van der Waals surface area contributed by atoms with Crippen LogP contribution in [0.5, 0.6) is 5.88 Å². The second-order valence-corrected chi connectivity index (χ2v) is 8.89. The maximum atomic E-state index is 14.6. The Morgan fingerprint density at radius 3 is 2.69 bits per heavy atom. The van der Waals surface area contributed by atoms with E-state index < -0.39 is 24.9 Å². The molecule has 1 atom stereocenters. The van der Waals surface area contributed by atoms with Gasteiger partial charge in [0, 0.05) is 25.2 Å². The van der Waals surface area contributed by atoms with E-state index in [2.05, 4.69) is 30.7 Å².